The molecular weight excluding hydrogens is 260 g/mol. The topological polar surface area (TPSA) is 98.7 Å². The van der Waals surface area contributed by atoms with Crippen LogP contribution in [-0.4, -0.2) is 41.4 Å². The number of hydrogen-bond acceptors (Lipinski definition) is 3. The van der Waals surface area contributed by atoms with E-state index in [9.17, 15) is 9.59 Å². The number of nitrogens with one attached hydrogen (secondary N) is 2. The van der Waals surface area contributed by atoms with Crippen LogP contribution in [0.25, 0.3) is 0 Å². The van der Waals surface area contributed by atoms with Gasteiger partial charge in [-0.3, -0.25) is 4.79 Å². The van der Waals surface area contributed by atoms with E-state index in [-0.39, 0.29) is 30.5 Å². The van der Waals surface area contributed by atoms with Crippen molar-refractivity contribution in [3.63, 3.8) is 0 Å². The number of rotatable bonds is 7. The quantitative estimate of drug-likeness (QED) is 0.526. The molecule has 1 aliphatic carbocycles. The van der Waals surface area contributed by atoms with Gasteiger partial charge in [0.15, 0.2) is 0 Å². The molecule has 1 unspecified atom stereocenters. The van der Waals surface area contributed by atoms with Crippen LogP contribution in [0.2, 0.25) is 0 Å². The minimum absolute atomic E-state index is 0.00994. The number of aliphatic hydroxyl groups is 1. The van der Waals surface area contributed by atoms with Crippen LogP contribution in [0.3, 0.4) is 0 Å². The van der Waals surface area contributed by atoms with Crippen LogP contribution in [0.4, 0.5) is 4.79 Å². The minimum atomic E-state index is -0.747. The molecule has 0 bridgehead atoms. The lowest BCUT2D eigenvalue weighted by molar-refractivity contribution is -0.142. The van der Waals surface area contributed by atoms with Crippen molar-refractivity contribution in [2.24, 2.45) is 11.8 Å². The van der Waals surface area contributed by atoms with E-state index in [1.807, 2.05) is 0 Å². The van der Waals surface area contributed by atoms with Crippen LogP contribution in [0.15, 0.2) is 12.7 Å². The molecule has 4 N–H and O–H groups in total. The highest BCUT2D eigenvalue weighted by Gasteiger charge is 2.26. The summed E-state index contributed by atoms with van der Waals surface area (Å²) in [7, 11) is 0. The SMILES string of the molecule is C=CCC(CO)CNC(=O)NC1CCC(C(=O)O)CC1. The third-order valence-corrected chi connectivity index (χ3v) is 3.72. The van der Waals surface area contributed by atoms with Gasteiger partial charge in [-0.1, -0.05) is 6.08 Å². The predicted molar refractivity (Wildman–Crippen MR) is 75.3 cm³/mol. The summed E-state index contributed by atoms with van der Waals surface area (Å²) < 4.78 is 0. The Bertz CT molecular complexity index is 338. The molecule has 2 amide bonds. The van der Waals surface area contributed by atoms with E-state index in [0.29, 0.717) is 38.6 Å². The van der Waals surface area contributed by atoms with E-state index < -0.39 is 5.97 Å². The Morgan fingerprint density at radius 1 is 1.30 bits per heavy atom. The number of aliphatic carboxylic acids is 1. The Labute approximate surface area is 119 Å². The van der Waals surface area contributed by atoms with E-state index in [0.717, 1.165) is 0 Å². The Kier molecular flexibility index (Phi) is 7.08. The lowest BCUT2D eigenvalue weighted by Gasteiger charge is -2.27. The molecule has 0 aromatic heterocycles. The van der Waals surface area contributed by atoms with Gasteiger partial charge in [0.05, 0.1) is 5.92 Å². The summed E-state index contributed by atoms with van der Waals surface area (Å²) in [5.74, 6) is -1.04. The number of hydrogen-bond donors (Lipinski definition) is 4. The van der Waals surface area contributed by atoms with E-state index in [1.165, 1.54) is 0 Å². The monoisotopic (exact) mass is 284 g/mol. The first-order valence-electron chi connectivity index (χ1n) is 7.05. The molecule has 0 spiro atoms. The molecule has 1 aliphatic rings. The standard InChI is InChI=1S/C14H24N2O4/c1-2-3-10(9-17)8-15-14(20)16-12-6-4-11(5-7-12)13(18)19/h2,10-12,17H,1,3-9H2,(H,18,19)(H2,15,16,20). The number of amides is 2. The molecule has 6 nitrogen and oxygen atoms in total. The third kappa shape index (κ3) is 5.61. The first-order valence-corrected chi connectivity index (χ1v) is 7.05. The van der Waals surface area contributed by atoms with Crippen LogP contribution in [0, 0.1) is 11.8 Å². The molecule has 0 heterocycles. The Morgan fingerprint density at radius 2 is 1.95 bits per heavy atom. The Balaban J connectivity index is 2.23. The van der Waals surface area contributed by atoms with Gasteiger partial charge >= 0.3 is 12.0 Å². The number of carbonyl (C=O) groups is 2. The number of carboxylic acid groups (broad SMARTS) is 1. The molecule has 1 fully saturated rings. The van der Waals surface area contributed by atoms with Crippen molar-refractivity contribution in [2.45, 2.75) is 38.1 Å². The number of urea groups is 1. The van der Waals surface area contributed by atoms with E-state index in [2.05, 4.69) is 17.2 Å². The highest BCUT2D eigenvalue weighted by atomic mass is 16.4. The Hall–Kier alpha value is -1.56. The van der Waals surface area contributed by atoms with Gasteiger partial charge in [-0.15, -0.1) is 6.58 Å². The van der Waals surface area contributed by atoms with Gasteiger partial charge in [-0.05, 0) is 32.1 Å². The van der Waals surface area contributed by atoms with E-state index >= 15 is 0 Å². The van der Waals surface area contributed by atoms with Crippen molar-refractivity contribution in [2.75, 3.05) is 13.2 Å². The van der Waals surface area contributed by atoms with Crippen molar-refractivity contribution < 1.29 is 19.8 Å². The van der Waals surface area contributed by atoms with Gasteiger partial charge in [0.1, 0.15) is 0 Å². The molecule has 0 radical (unpaired) electrons. The first kappa shape index (κ1) is 16.5. The maximum absolute atomic E-state index is 11.7. The zero-order valence-corrected chi connectivity index (χ0v) is 11.7. The molecule has 114 valence electrons. The second kappa shape index (κ2) is 8.58. The fourth-order valence-electron chi connectivity index (χ4n) is 2.42. The molecule has 0 saturated heterocycles. The van der Waals surface area contributed by atoms with Gasteiger partial charge in [0.25, 0.3) is 0 Å². The zero-order valence-electron chi connectivity index (χ0n) is 11.7. The lowest BCUT2D eigenvalue weighted by atomic mass is 9.86. The average molecular weight is 284 g/mol. The fraction of sp³-hybridized carbons (Fsp3) is 0.714. The third-order valence-electron chi connectivity index (χ3n) is 3.72. The molecule has 0 aromatic carbocycles. The van der Waals surface area contributed by atoms with Gasteiger partial charge in [0, 0.05) is 25.1 Å². The van der Waals surface area contributed by atoms with E-state index in [1.54, 1.807) is 6.08 Å². The summed E-state index contributed by atoms with van der Waals surface area (Å²) in [5.41, 5.74) is 0. The highest BCUT2D eigenvalue weighted by Crippen LogP contribution is 2.24. The number of allylic oxidation sites excluding steroid dienone is 1. The smallest absolute Gasteiger partial charge is 0.315 e. The molecule has 0 aromatic rings. The summed E-state index contributed by atoms with van der Waals surface area (Å²) in [5, 5.41) is 23.6. The molecule has 6 heteroatoms. The molecule has 1 rings (SSSR count). The van der Waals surface area contributed by atoms with Crippen LogP contribution in [0.5, 0.6) is 0 Å². The van der Waals surface area contributed by atoms with Gasteiger partial charge in [-0.25, -0.2) is 4.79 Å². The lowest BCUT2D eigenvalue weighted by Crippen LogP contribution is -2.45. The summed E-state index contributed by atoms with van der Waals surface area (Å²) in [6.45, 7) is 4.01. The van der Waals surface area contributed by atoms with Gasteiger partial charge < -0.3 is 20.8 Å². The highest BCUT2D eigenvalue weighted by molar-refractivity contribution is 5.74. The molecule has 0 aliphatic heterocycles. The zero-order chi connectivity index (χ0) is 15.0. The van der Waals surface area contributed by atoms with Crippen LogP contribution < -0.4 is 10.6 Å². The predicted octanol–water partition coefficient (Wildman–Crippen LogP) is 1.11. The minimum Gasteiger partial charge on any atom is -0.481 e. The maximum atomic E-state index is 11.7. The second-order valence-electron chi connectivity index (χ2n) is 5.31. The number of aliphatic hydroxyl groups excluding tert-OH is 1. The summed E-state index contributed by atoms with van der Waals surface area (Å²) in [6, 6.07) is -0.219. The Morgan fingerprint density at radius 3 is 2.45 bits per heavy atom. The summed E-state index contributed by atoms with van der Waals surface area (Å²) in [6.07, 6.45) is 4.97. The molecule has 1 saturated carbocycles. The van der Waals surface area contributed by atoms with Crippen LogP contribution in [0.1, 0.15) is 32.1 Å². The summed E-state index contributed by atoms with van der Waals surface area (Å²) >= 11 is 0. The molecule has 20 heavy (non-hydrogen) atoms. The molecular formula is C14H24N2O4. The summed E-state index contributed by atoms with van der Waals surface area (Å²) in [4.78, 5) is 22.5. The van der Waals surface area contributed by atoms with Crippen LogP contribution in [-0.2, 0) is 4.79 Å². The van der Waals surface area contributed by atoms with Crippen molar-refractivity contribution in [1.82, 2.24) is 10.6 Å². The fourth-order valence-corrected chi connectivity index (χ4v) is 2.42. The van der Waals surface area contributed by atoms with Gasteiger partial charge in [-0.2, -0.15) is 0 Å². The van der Waals surface area contributed by atoms with E-state index in [4.69, 9.17) is 10.2 Å². The van der Waals surface area contributed by atoms with Gasteiger partial charge in [0.2, 0.25) is 0 Å². The van der Waals surface area contributed by atoms with Crippen molar-refractivity contribution in [3.05, 3.63) is 12.7 Å². The number of carbonyl (C=O) groups excluding carboxylic acids is 1. The van der Waals surface area contributed by atoms with Crippen molar-refractivity contribution in [3.8, 4) is 0 Å². The first-order chi connectivity index (χ1) is 9.56. The maximum Gasteiger partial charge on any atom is 0.315 e. The normalized spacial score (nSPS) is 23.6. The average Bonchev–Trinajstić information content (AvgIpc) is 2.44. The molecule has 1 atom stereocenters. The van der Waals surface area contributed by atoms with Crippen molar-refractivity contribution >= 4 is 12.0 Å². The largest absolute Gasteiger partial charge is 0.481 e. The van der Waals surface area contributed by atoms with Crippen LogP contribution >= 0.6 is 0 Å². The van der Waals surface area contributed by atoms with Crippen molar-refractivity contribution in [1.29, 1.82) is 0 Å². The number of carboxylic acids is 1. The second-order valence-corrected chi connectivity index (χ2v) is 5.31.